The number of carbonyl (C=O) groups is 1. The zero-order valence-electron chi connectivity index (χ0n) is 13.1. The molecule has 1 aromatic rings. The molecule has 22 heavy (non-hydrogen) atoms. The fourth-order valence-corrected chi connectivity index (χ4v) is 5.29. The van der Waals surface area contributed by atoms with Crippen molar-refractivity contribution in [3.05, 3.63) is 17.0 Å². The first-order valence-electron chi connectivity index (χ1n) is 7.45. The number of carboxylic acid groups (broad SMARTS) is 1. The van der Waals surface area contributed by atoms with Gasteiger partial charge >= 0.3 is 5.97 Å². The molecule has 7 heteroatoms. The van der Waals surface area contributed by atoms with Crippen LogP contribution in [0.15, 0.2) is 16.3 Å². The van der Waals surface area contributed by atoms with Gasteiger partial charge in [0.25, 0.3) is 0 Å². The predicted octanol–water partition coefficient (Wildman–Crippen LogP) is 2.97. The van der Waals surface area contributed by atoms with Gasteiger partial charge in [-0.15, -0.1) is 11.3 Å². The fourth-order valence-electron chi connectivity index (χ4n) is 2.60. The highest BCUT2D eigenvalue weighted by Gasteiger charge is 2.30. The summed E-state index contributed by atoms with van der Waals surface area (Å²) in [6.07, 6.45) is 2.21. The van der Waals surface area contributed by atoms with Gasteiger partial charge in [-0.2, -0.15) is 0 Å². The molecule has 1 heterocycles. The Balaban J connectivity index is 2.03. The highest BCUT2D eigenvalue weighted by atomic mass is 32.2. The zero-order valence-corrected chi connectivity index (χ0v) is 14.8. The van der Waals surface area contributed by atoms with E-state index in [0.29, 0.717) is 29.9 Å². The van der Waals surface area contributed by atoms with Crippen molar-refractivity contribution in [1.82, 2.24) is 4.72 Å². The van der Waals surface area contributed by atoms with Crippen molar-refractivity contribution in [3.8, 4) is 0 Å². The average Bonchev–Trinajstić information content (AvgIpc) is 2.89. The van der Waals surface area contributed by atoms with E-state index in [0.717, 1.165) is 4.88 Å². The number of aliphatic carboxylic acids is 1. The number of thiophene rings is 1. The van der Waals surface area contributed by atoms with Gasteiger partial charge in [0.1, 0.15) is 4.21 Å². The third kappa shape index (κ3) is 4.08. The molecule has 0 radical (unpaired) electrons. The van der Waals surface area contributed by atoms with Gasteiger partial charge in [0.15, 0.2) is 0 Å². The molecule has 1 aliphatic carbocycles. The quantitative estimate of drug-likeness (QED) is 0.879. The smallest absolute Gasteiger partial charge is 0.306 e. The van der Waals surface area contributed by atoms with E-state index < -0.39 is 16.0 Å². The maximum Gasteiger partial charge on any atom is 0.306 e. The Kier molecular flexibility index (Phi) is 4.99. The number of carboxylic acids is 1. The second kappa shape index (κ2) is 6.29. The highest BCUT2D eigenvalue weighted by molar-refractivity contribution is 7.91. The van der Waals surface area contributed by atoms with E-state index in [1.165, 1.54) is 11.3 Å². The molecular weight excluding hydrogens is 322 g/mol. The van der Waals surface area contributed by atoms with E-state index >= 15 is 0 Å². The van der Waals surface area contributed by atoms with Crippen LogP contribution >= 0.6 is 11.3 Å². The first-order chi connectivity index (χ1) is 10.1. The Morgan fingerprint density at radius 2 is 1.82 bits per heavy atom. The second-order valence-electron chi connectivity index (χ2n) is 6.88. The normalized spacial score (nSPS) is 23.4. The van der Waals surface area contributed by atoms with Gasteiger partial charge in [0, 0.05) is 10.9 Å². The van der Waals surface area contributed by atoms with Crippen LogP contribution in [0.25, 0.3) is 0 Å². The summed E-state index contributed by atoms with van der Waals surface area (Å²) < 4.78 is 27.9. The SMILES string of the molecule is CC(C)(C)c1ccc(S(=O)(=O)NC2CCC(C(=O)O)CC2)s1. The maximum atomic E-state index is 12.4. The molecule has 0 bridgehead atoms. The van der Waals surface area contributed by atoms with Gasteiger partial charge < -0.3 is 5.11 Å². The van der Waals surface area contributed by atoms with E-state index in [9.17, 15) is 13.2 Å². The van der Waals surface area contributed by atoms with Crippen LogP contribution in [0.3, 0.4) is 0 Å². The summed E-state index contributed by atoms with van der Waals surface area (Å²) in [7, 11) is -3.52. The molecule has 0 aliphatic heterocycles. The lowest BCUT2D eigenvalue weighted by Crippen LogP contribution is -2.38. The lowest BCUT2D eigenvalue weighted by Gasteiger charge is -2.26. The first-order valence-corrected chi connectivity index (χ1v) is 9.75. The van der Waals surface area contributed by atoms with Crippen LogP contribution in [0.2, 0.25) is 0 Å². The van der Waals surface area contributed by atoms with Gasteiger partial charge in [-0.05, 0) is 43.2 Å². The summed E-state index contributed by atoms with van der Waals surface area (Å²) in [5.74, 6) is -1.12. The minimum Gasteiger partial charge on any atom is -0.481 e. The van der Waals surface area contributed by atoms with Crippen LogP contribution in [-0.2, 0) is 20.2 Å². The summed E-state index contributed by atoms with van der Waals surface area (Å²) >= 11 is 1.30. The Hall–Kier alpha value is -0.920. The van der Waals surface area contributed by atoms with Crippen LogP contribution in [0, 0.1) is 5.92 Å². The molecule has 5 nitrogen and oxygen atoms in total. The van der Waals surface area contributed by atoms with E-state index in [2.05, 4.69) is 25.5 Å². The van der Waals surface area contributed by atoms with Crippen molar-refractivity contribution in [2.45, 2.75) is 62.1 Å². The van der Waals surface area contributed by atoms with E-state index in [1.54, 1.807) is 6.07 Å². The molecule has 0 aromatic carbocycles. The van der Waals surface area contributed by atoms with Crippen molar-refractivity contribution in [2.24, 2.45) is 5.92 Å². The monoisotopic (exact) mass is 345 g/mol. The molecule has 1 aromatic heterocycles. The Labute approximate surface area is 135 Å². The summed E-state index contributed by atoms with van der Waals surface area (Å²) in [5, 5.41) is 8.98. The summed E-state index contributed by atoms with van der Waals surface area (Å²) in [6, 6.07) is 3.34. The molecule has 0 saturated heterocycles. The summed E-state index contributed by atoms with van der Waals surface area (Å²) in [5.41, 5.74) is -0.0714. The second-order valence-corrected chi connectivity index (χ2v) is 9.90. The molecule has 0 atom stereocenters. The summed E-state index contributed by atoms with van der Waals surface area (Å²) in [4.78, 5) is 12.0. The van der Waals surface area contributed by atoms with Crippen LogP contribution in [0.1, 0.15) is 51.3 Å². The lowest BCUT2D eigenvalue weighted by molar-refractivity contribution is -0.142. The van der Waals surface area contributed by atoms with Crippen LogP contribution in [0.4, 0.5) is 0 Å². The van der Waals surface area contributed by atoms with E-state index in [1.807, 2.05) is 6.07 Å². The molecule has 1 fully saturated rings. The van der Waals surface area contributed by atoms with Crippen molar-refractivity contribution < 1.29 is 18.3 Å². The molecule has 0 spiro atoms. The van der Waals surface area contributed by atoms with E-state index in [4.69, 9.17) is 5.11 Å². The van der Waals surface area contributed by atoms with Crippen molar-refractivity contribution in [3.63, 3.8) is 0 Å². The van der Waals surface area contributed by atoms with Crippen molar-refractivity contribution in [2.75, 3.05) is 0 Å². The molecule has 2 N–H and O–H groups in total. The molecule has 1 aliphatic rings. The number of hydrogen-bond donors (Lipinski definition) is 2. The van der Waals surface area contributed by atoms with Crippen molar-refractivity contribution >= 4 is 27.3 Å². The largest absolute Gasteiger partial charge is 0.481 e. The van der Waals surface area contributed by atoms with Gasteiger partial charge in [0.05, 0.1) is 5.92 Å². The zero-order chi connectivity index (χ0) is 16.5. The minimum absolute atomic E-state index is 0.0714. The number of rotatable bonds is 4. The Morgan fingerprint density at radius 1 is 1.23 bits per heavy atom. The molecule has 0 unspecified atom stereocenters. The molecule has 0 amide bonds. The van der Waals surface area contributed by atoms with Crippen LogP contribution in [0.5, 0.6) is 0 Å². The molecule has 124 valence electrons. The predicted molar refractivity (Wildman–Crippen MR) is 86.7 cm³/mol. The third-order valence-corrected chi connectivity index (χ3v) is 7.51. The first kappa shape index (κ1) is 17.4. The topological polar surface area (TPSA) is 83.5 Å². The lowest BCUT2D eigenvalue weighted by atomic mass is 9.87. The Bertz CT molecular complexity index is 635. The molecule has 2 rings (SSSR count). The van der Waals surface area contributed by atoms with Gasteiger partial charge in [0.2, 0.25) is 10.0 Å². The van der Waals surface area contributed by atoms with Gasteiger partial charge in [-0.1, -0.05) is 20.8 Å². The van der Waals surface area contributed by atoms with Gasteiger partial charge in [-0.25, -0.2) is 13.1 Å². The number of sulfonamides is 1. The van der Waals surface area contributed by atoms with Gasteiger partial charge in [-0.3, -0.25) is 4.79 Å². The highest BCUT2D eigenvalue weighted by Crippen LogP contribution is 2.32. The molecule has 1 saturated carbocycles. The van der Waals surface area contributed by atoms with Crippen LogP contribution in [-0.4, -0.2) is 25.5 Å². The standard InChI is InChI=1S/C15H23NO4S2/c1-15(2,3)12-8-9-13(21-12)22(19,20)16-11-6-4-10(5-7-11)14(17)18/h8-11,16H,4-7H2,1-3H3,(H,17,18). The third-order valence-electron chi connectivity index (χ3n) is 3.98. The molecular formula is C15H23NO4S2. The number of nitrogens with one attached hydrogen (secondary N) is 1. The van der Waals surface area contributed by atoms with Crippen molar-refractivity contribution in [1.29, 1.82) is 0 Å². The van der Waals surface area contributed by atoms with E-state index in [-0.39, 0.29) is 17.4 Å². The Morgan fingerprint density at radius 3 is 2.27 bits per heavy atom. The fraction of sp³-hybridized carbons (Fsp3) is 0.667. The minimum atomic E-state index is -3.52. The van der Waals surface area contributed by atoms with Crippen LogP contribution < -0.4 is 4.72 Å². The summed E-state index contributed by atoms with van der Waals surface area (Å²) in [6.45, 7) is 6.15. The average molecular weight is 345 g/mol. The maximum absolute atomic E-state index is 12.4. The number of hydrogen-bond acceptors (Lipinski definition) is 4.